The first-order chi connectivity index (χ1) is 45.1. The van der Waals surface area contributed by atoms with Crippen molar-refractivity contribution < 1.29 is 0 Å². The normalized spacial score (nSPS) is 14.2. The van der Waals surface area contributed by atoms with Gasteiger partial charge in [-0.25, -0.2) is 0 Å². The van der Waals surface area contributed by atoms with Crippen LogP contribution in [-0.2, 0) is 16.2 Å². The highest BCUT2D eigenvalue weighted by Gasteiger charge is 2.54. The highest BCUT2D eigenvalue weighted by Crippen LogP contribution is 2.65. The molecule has 91 heavy (non-hydrogen) atoms. The average Bonchev–Trinajstić information content (AvgIpc) is 1.52. The van der Waals surface area contributed by atoms with E-state index in [-0.39, 0.29) is 0 Å². The lowest BCUT2D eigenvalue weighted by molar-refractivity contribution is 0.747. The van der Waals surface area contributed by atoms with E-state index in [0.29, 0.717) is 0 Å². The molecule has 0 saturated heterocycles. The van der Waals surface area contributed by atoms with Gasteiger partial charge in [-0.3, -0.25) is 0 Å². The van der Waals surface area contributed by atoms with Gasteiger partial charge in [0.25, 0.3) is 0 Å². The zero-order valence-corrected chi connectivity index (χ0v) is 50.0. The van der Waals surface area contributed by atoms with E-state index in [0.717, 1.165) is 34.1 Å². The van der Waals surface area contributed by atoms with Crippen LogP contribution in [0.3, 0.4) is 0 Å². The smallest absolute Gasteiger partial charge is 0.0725 e. The molecule has 18 rings (SSSR count). The van der Waals surface area contributed by atoms with Crippen molar-refractivity contribution in [2.75, 3.05) is 9.80 Å². The minimum absolute atomic E-state index is 0.700. The van der Waals surface area contributed by atoms with Gasteiger partial charge >= 0.3 is 0 Å². The Hall–Kier alpha value is -11.6. The van der Waals surface area contributed by atoms with E-state index in [1.165, 1.54) is 111 Å². The van der Waals surface area contributed by atoms with Crippen molar-refractivity contribution in [3.8, 4) is 33.4 Å². The van der Waals surface area contributed by atoms with Gasteiger partial charge in [-0.15, -0.1) is 0 Å². The monoisotopic (exact) mass is 1160 g/mol. The van der Waals surface area contributed by atoms with Crippen molar-refractivity contribution in [2.45, 2.75) is 16.2 Å². The molecule has 0 saturated carbocycles. The van der Waals surface area contributed by atoms with Crippen LogP contribution in [0.5, 0.6) is 0 Å². The fraction of sp³-hybridized carbons (Fsp3) is 0.0337. The number of fused-ring (bicyclic) bond motifs is 15. The maximum absolute atomic E-state index is 2.63. The number of benzene rings is 14. The zero-order chi connectivity index (χ0) is 60.1. The number of hydrogen-bond donors (Lipinski definition) is 0. The predicted octanol–water partition coefficient (Wildman–Crippen LogP) is 22.2. The third-order valence-electron chi connectivity index (χ3n) is 20.2. The highest BCUT2D eigenvalue weighted by molar-refractivity contribution is 5.99. The minimum atomic E-state index is -0.754. The first-order valence-electron chi connectivity index (χ1n) is 31.7. The van der Waals surface area contributed by atoms with Gasteiger partial charge in [-0.2, -0.15) is 0 Å². The number of rotatable bonds is 10. The molecule has 0 aliphatic heterocycles. The Morgan fingerprint density at radius 3 is 0.747 bits per heavy atom. The SMILES string of the molecule is C1=Cc2cc3c(cc2C2(c4cc5c(cc41)C(c1ccccc1)(c1ccccc1)c1cc(N(c4ccccc4)c4ccccc4)ccc1-5)c1ccccc1-c1ccccc12)-c1ccc(N(c2ccccc2)c2ccccc2)cc1C3(c1ccccc1)c1ccccc1. The van der Waals surface area contributed by atoms with Crippen LogP contribution >= 0.6 is 0 Å². The third kappa shape index (κ3) is 7.60. The Morgan fingerprint density at radius 2 is 0.429 bits per heavy atom. The summed E-state index contributed by atoms with van der Waals surface area (Å²) in [7, 11) is 0. The van der Waals surface area contributed by atoms with E-state index in [1.54, 1.807) is 0 Å². The molecule has 14 aromatic rings. The van der Waals surface area contributed by atoms with Crippen molar-refractivity contribution in [3.05, 3.63) is 430 Å². The molecule has 0 bridgehead atoms. The average molecular weight is 1160 g/mol. The molecule has 0 heterocycles. The van der Waals surface area contributed by atoms with Crippen LogP contribution in [-0.4, -0.2) is 0 Å². The standard InChI is InChI=1S/C89H60N2/c1-9-29-63(30-10-1)87(64-31-11-2-12-32-64)83-55-61-49-50-62-56-84-78(76-54-52-72(91(69-41-21-7-22-42-69)70-43-23-8-24-44-70)58-86(76)88(84,65-33-13-3-14-34-65)66-35-15-4-16-36-66)60-82(62)89(79-47-27-25-45-73(79)74-46-26-28-48-80(74)89)81(61)59-77(83)75-53-51-71(57-85(75)87)90(67-37-17-5-18-38-67)68-39-19-6-20-40-68/h1-60H. The van der Waals surface area contributed by atoms with Gasteiger partial charge in [0.2, 0.25) is 0 Å². The topological polar surface area (TPSA) is 6.48 Å². The lowest BCUT2D eigenvalue weighted by Crippen LogP contribution is -2.32. The van der Waals surface area contributed by atoms with Crippen molar-refractivity contribution in [3.63, 3.8) is 0 Å². The molecule has 0 unspecified atom stereocenters. The Balaban J connectivity index is 0.942. The minimum Gasteiger partial charge on any atom is -0.310 e. The van der Waals surface area contributed by atoms with Crippen LogP contribution in [0.15, 0.2) is 352 Å². The summed E-state index contributed by atoms with van der Waals surface area (Å²) >= 11 is 0. The second kappa shape index (κ2) is 20.8. The Kier molecular flexibility index (Phi) is 12.0. The molecule has 0 aromatic heterocycles. The van der Waals surface area contributed by atoms with Gasteiger partial charge in [0.05, 0.1) is 16.2 Å². The molecule has 4 aliphatic rings. The first-order valence-corrected chi connectivity index (χ1v) is 31.7. The summed E-state index contributed by atoms with van der Waals surface area (Å²) in [5, 5.41) is 0. The van der Waals surface area contributed by atoms with Crippen molar-refractivity contribution in [1.82, 2.24) is 0 Å². The maximum Gasteiger partial charge on any atom is 0.0725 e. The van der Waals surface area contributed by atoms with E-state index in [4.69, 9.17) is 0 Å². The summed E-state index contributed by atoms with van der Waals surface area (Å²) in [6, 6.07) is 132. The molecular weight excluding hydrogens is 1100 g/mol. The largest absolute Gasteiger partial charge is 0.310 e. The van der Waals surface area contributed by atoms with Crippen LogP contribution in [0.1, 0.15) is 77.9 Å². The van der Waals surface area contributed by atoms with Gasteiger partial charge in [0.1, 0.15) is 0 Å². The molecule has 2 heteroatoms. The molecule has 2 nitrogen and oxygen atoms in total. The molecule has 0 N–H and O–H groups in total. The molecule has 0 amide bonds. The van der Waals surface area contributed by atoms with E-state index < -0.39 is 16.2 Å². The van der Waals surface area contributed by atoms with Crippen LogP contribution in [0, 0.1) is 0 Å². The lowest BCUT2D eigenvalue weighted by atomic mass is 9.63. The van der Waals surface area contributed by atoms with Crippen LogP contribution < -0.4 is 9.80 Å². The third-order valence-corrected chi connectivity index (χ3v) is 20.2. The summed E-state index contributed by atoms with van der Waals surface area (Å²) in [5.41, 5.74) is 29.4. The van der Waals surface area contributed by atoms with Gasteiger partial charge in [-0.1, -0.05) is 267 Å². The van der Waals surface area contributed by atoms with E-state index in [1.807, 2.05) is 0 Å². The maximum atomic E-state index is 2.63. The van der Waals surface area contributed by atoms with E-state index >= 15 is 0 Å². The van der Waals surface area contributed by atoms with Crippen LogP contribution in [0.25, 0.3) is 45.5 Å². The molecule has 4 aliphatic carbocycles. The van der Waals surface area contributed by atoms with Gasteiger partial charge in [-0.05, 0) is 208 Å². The van der Waals surface area contributed by atoms with Gasteiger partial charge in [0, 0.05) is 34.1 Å². The van der Waals surface area contributed by atoms with E-state index in [2.05, 4.69) is 374 Å². The van der Waals surface area contributed by atoms with Gasteiger partial charge in [0.15, 0.2) is 0 Å². The number of hydrogen-bond acceptors (Lipinski definition) is 2. The second-order valence-electron chi connectivity index (χ2n) is 24.6. The van der Waals surface area contributed by atoms with E-state index in [9.17, 15) is 0 Å². The molecular formula is C89H60N2. The molecule has 0 fully saturated rings. The number of anilines is 6. The predicted molar refractivity (Wildman–Crippen MR) is 377 cm³/mol. The molecule has 14 aromatic carbocycles. The van der Waals surface area contributed by atoms with Crippen molar-refractivity contribution in [2.24, 2.45) is 0 Å². The Labute approximate surface area is 532 Å². The Morgan fingerprint density at radius 1 is 0.165 bits per heavy atom. The quantitative estimate of drug-likeness (QED) is 0.135. The summed E-state index contributed by atoms with van der Waals surface area (Å²) in [4.78, 5) is 4.81. The zero-order valence-electron chi connectivity index (χ0n) is 50.0. The summed E-state index contributed by atoms with van der Waals surface area (Å²) in [6.45, 7) is 0. The molecule has 0 atom stereocenters. The molecule has 1 spiro atoms. The number of para-hydroxylation sites is 4. The van der Waals surface area contributed by atoms with Crippen molar-refractivity contribution in [1.29, 1.82) is 0 Å². The van der Waals surface area contributed by atoms with Gasteiger partial charge < -0.3 is 9.80 Å². The first kappa shape index (κ1) is 52.5. The second-order valence-corrected chi connectivity index (χ2v) is 24.6. The van der Waals surface area contributed by atoms with Crippen LogP contribution in [0.4, 0.5) is 34.1 Å². The summed E-state index contributed by atoms with van der Waals surface area (Å²) < 4.78 is 0. The lowest BCUT2D eigenvalue weighted by Gasteiger charge is -2.38. The van der Waals surface area contributed by atoms with Crippen LogP contribution in [0.2, 0.25) is 0 Å². The Bertz CT molecular complexity index is 4660. The fourth-order valence-electron chi connectivity index (χ4n) is 16.6. The molecule has 426 valence electrons. The summed E-state index contributed by atoms with van der Waals surface area (Å²) in [6.07, 6.45) is 4.93. The molecule has 0 radical (unpaired) electrons. The highest BCUT2D eigenvalue weighted by atomic mass is 15.1. The fourth-order valence-corrected chi connectivity index (χ4v) is 16.6. The summed E-state index contributed by atoms with van der Waals surface area (Å²) in [5.74, 6) is 0. The van der Waals surface area contributed by atoms with Crippen molar-refractivity contribution >= 4 is 46.3 Å². The number of nitrogens with zero attached hydrogens (tertiary/aromatic N) is 2.